The van der Waals surface area contributed by atoms with Crippen molar-refractivity contribution in [3.63, 3.8) is 0 Å². The molecule has 1 aromatic carbocycles. The molecule has 1 aromatic heterocycles. The fourth-order valence-corrected chi connectivity index (χ4v) is 2.56. The fraction of sp³-hybridized carbons (Fsp3) is 0.500. The van der Waals surface area contributed by atoms with E-state index < -0.39 is 5.60 Å². The summed E-state index contributed by atoms with van der Waals surface area (Å²) < 4.78 is 11.2. The van der Waals surface area contributed by atoms with E-state index in [1.54, 1.807) is 25.3 Å². The quantitative estimate of drug-likeness (QED) is 0.477. The van der Waals surface area contributed by atoms with E-state index in [0.29, 0.717) is 24.9 Å². The fourth-order valence-electron chi connectivity index (χ4n) is 2.56. The average Bonchev–Trinajstić information content (AvgIpc) is 3.18. The van der Waals surface area contributed by atoms with Gasteiger partial charge in [0.1, 0.15) is 11.4 Å². The van der Waals surface area contributed by atoms with Crippen LogP contribution in [0.15, 0.2) is 52.1 Å². The van der Waals surface area contributed by atoms with Gasteiger partial charge in [0.2, 0.25) is 0 Å². The van der Waals surface area contributed by atoms with Crippen molar-refractivity contribution in [2.45, 2.75) is 59.0 Å². The van der Waals surface area contributed by atoms with E-state index in [4.69, 9.17) is 9.15 Å². The molecule has 6 nitrogen and oxygen atoms in total. The van der Waals surface area contributed by atoms with Crippen LogP contribution < -0.4 is 10.6 Å². The molecule has 0 amide bonds. The summed E-state index contributed by atoms with van der Waals surface area (Å²) in [6.07, 6.45) is 1.56. The van der Waals surface area contributed by atoms with Gasteiger partial charge in [-0.1, -0.05) is 24.3 Å². The molecule has 0 spiro atoms. The first-order valence-corrected chi connectivity index (χ1v) is 9.70. The number of nitrogens with one attached hydrogen (secondary N) is 2. The molecular formula is C22H33N3O3. The molecule has 1 unspecified atom stereocenters. The first kappa shape index (κ1) is 22.0. The van der Waals surface area contributed by atoms with Crippen LogP contribution in [-0.4, -0.2) is 29.8 Å². The minimum atomic E-state index is -1.12. The molecule has 0 aliphatic rings. The molecule has 0 aliphatic heterocycles. The predicted molar refractivity (Wildman–Crippen MR) is 112 cm³/mol. The molecule has 6 heteroatoms. The zero-order valence-corrected chi connectivity index (χ0v) is 17.6. The van der Waals surface area contributed by atoms with Crippen molar-refractivity contribution in [2.75, 3.05) is 13.1 Å². The Morgan fingerprint density at radius 2 is 1.86 bits per heavy atom. The molecule has 28 heavy (non-hydrogen) atoms. The minimum Gasteiger partial charge on any atom is -0.466 e. The highest BCUT2D eigenvalue weighted by atomic mass is 16.5. The van der Waals surface area contributed by atoms with Crippen LogP contribution in [0.4, 0.5) is 0 Å². The van der Waals surface area contributed by atoms with Crippen molar-refractivity contribution >= 4 is 5.96 Å². The summed E-state index contributed by atoms with van der Waals surface area (Å²) in [6.45, 7) is 12.0. The highest BCUT2D eigenvalue weighted by Crippen LogP contribution is 2.19. The summed E-state index contributed by atoms with van der Waals surface area (Å²) in [4.78, 5) is 4.63. The summed E-state index contributed by atoms with van der Waals surface area (Å²) in [5.41, 5.74) is 0.942. The third-order valence-electron chi connectivity index (χ3n) is 4.08. The smallest absolute Gasteiger partial charge is 0.191 e. The molecule has 1 atom stereocenters. The number of furan rings is 1. The summed E-state index contributed by atoms with van der Waals surface area (Å²) in [6, 6.07) is 11.8. The van der Waals surface area contributed by atoms with Gasteiger partial charge in [0, 0.05) is 6.54 Å². The van der Waals surface area contributed by atoms with Crippen molar-refractivity contribution in [3.05, 3.63) is 59.5 Å². The predicted octanol–water partition coefficient (Wildman–Crippen LogP) is 3.56. The van der Waals surface area contributed by atoms with Gasteiger partial charge in [-0.2, -0.15) is 0 Å². The van der Waals surface area contributed by atoms with Crippen LogP contribution >= 0.6 is 0 Å². The van der Waals surface area contributed by atoms with Crippen LogP contribution in [-0.2, 0) is 23.5 Å². The Morgan fingerprint density at radius 1 is 1.11 bits per heavy atom. The van der Waals surface area contributed by atoms with Crippen molar-refractivity contribution in [1.29, 1.82) is 0 Å². The van der Waals surface area contributed by atoms with Crippen LogP contribution in [0.5, 0.6) is 0 Å². The van der Waals surface area contributed by atoms with Crippen LogP contribution in [0.1, 0.15) is 51.5 Å². The van der Waals surface area contributed by atoms with Crippen LogP contribution in [0.2, 0.25) is 0 Å². The average molecular weight is 388 g/mol. The van der Waals surface area contributed by atoms with Gasteiger partial charge in [0.05, 0.1) is 31.6 Å². The summed E-state index contributed by atoms with van der Waals surface area (Å²) >= 11 is 0. The van der Waals surface area contributed by atoms with Gasteiger partial charge in [-0.3, -0.25) is 0 Å². The first-order chi connectivity index (χ1) is 13.2. The second kappa shape index (κ2) is 9.75. The van der Waals surface area contributed by atoms with Crippen molar-refractivity contribution in [1.82, 2.24) is 10.6 Å². The van der Waals surface area contributed by atoms with Crippen molar-refractivity contribution in [2.24, 2.45) is 4.99 Å². The van der Waals surface area contributed by atoms with E-state index in [9.17, 15) is 5.11 Å². The third kappa shape index (κ3) is 7.37. The van der Waals surface area contributed by atoms with Crippen LogP contribution in [0.25, 0.3) is 0 Å². The Hall–Kier alpha value is -2.31. The first-order valence-electron chi connectivity index (χ1n) is 9.70. The lowest BCUT2D eigenvalue weighted by molar-refractivity contribution is -0.0149. The number of benzene rings is 1. The van der Waals surface area contributed by atoms with E-state index in [1.807, 2.05) is 39.8 Å². The zero-order valence-electron chi connectivity index (χ0n) is 17.6. The number of aliphatic hydroxyl groups is 1. The SMILES string of the molecule is CCNC(=NCc1cccc(COC(C)(C)C)c1)NCC(C)(O)c1ccco1. The largest absolute Gasteiger partial charge is 0.466 e. The number of hydrogen-bond donors (Lipinski definition) is 3. The summed E-state index contributed by atoms with van der Waals surface area (Å²) in [5.74, 6) is 1.16. The number of hydrogen-bond acceptors (Lipinski definition) is 4. The number of nitrogens with zero attached hydrogens (tertiary/aromatic N) is 1. The summed E-state index contributed by atoms with van der Waals surface area (Å²) in [7, 11) is 0. The lowest BCUT2D eigenvalue weighted by atomic mass is 10.0. The third-order valence-corrected chi connectivity index (χ3v) is 4.08. The molecule has 0 fully saturated rings. The zero-order chi connectivity index (χ0) is 20.6. The van der Waals surface area contributed by atoms with Gasteiger partial charge in [-0.15, -0.1) is 0 Å². The molecular weight excluding hydrogens is 354 g/mol. The number of rotatable bonds is 8. The lowest BCUT2D eigenvalue weighted by Crippen LogP contribution is -2.44. The maximum absolute atomic E-state index is 10.6. The van der Waals surface area contributed by atoms with E-state index in [0.717, 1.165) is 17.7 Å². The van der Waals surface area contributed by atoms with Crippen LogP contribution in [0.3, 0.4) is 0 Å². The maximum Gasteiger partial charge on any atom is 0.191 e. The minimum absolute atomic E-state index is 0.165. The van der Waals surface area contributed by atoms with Gasteiger partial charge >= 0.3 is 0 Å². The number of guanidine groups is 1. The van der Waals surface area contributed by atoms with Gasteiger partial charge in [0.25, 0.3) is 0 Å². The van der Waals surface area contributed by atoms with E-state index in [-0.39, 0.29) is 12.1 Å². The van der Waals surface area contributed by atoms with Crippen molar-refractivity contribution in [3.8, 4) is 0 Å². The Morgan fingerprint density at radius 3 is 2.50 bits per heavy atom. The maximum atomic E-state index is 10.6. The molecule has 0 saturated carbocycles. The Kier molecular flexibility index (Phi) is 7.66. The van der Waals surface area contributed by atoms with E-state index in [1.165, 1.54) is 0 Å². The molecule has 2 rings (SSSR count). The second-order valence-electron chi connectivity index (χ2n) is 8.02. The highest BCUT2D eigenvalue weighted by molar-refractivity contribution is 5.79. The number of aliphatic imine (C=N–C) groups is 1. The van der Waals surface area contributed by atoms with Gasteiger partial charge in [0.15, 0.2) is 5.96 Å². The molecule has 0 aliphatic carbocycles. The normalized spacial score (nSPS) is 14.6. The monoisotopic (exact) mass is 387 g/mol. The van der Waals surface area contributed by atoms with Crippen LogP contribution in [0, 0.1) is 0 Å². The molecule has 0 radical (unpaired) electrons. The molecule has 3 N–H and O–H groups in total. The lowest BCUT2D eigenvalue weighted by Gasteiger charge is -2.22. The standard InChI is InChI=1S/C22H33N3O3/c1-6-23-20(25-16-22(5,26)19-11-8-12-27-19)24-14-17-9-7-10-18(13-17)15-28-21(2,3)4/h7-13,26H,6,14-16H2,1-5H3,(H2,23,24,25). The van der Waals surface area contributed by atoms with Crippen molar-refractivity contribution < 1.29 is 14.3 Å². The molecule has 1 heterocycles. The Balaban J connectivity index is 1.98. The number of ether oxygens (including phenoxy) is 1. The van der Waals surface area contributed by atoms with Gasteiger partial charge in [-0.05, 0) is 57.9 Å². The van der Waals surface area contributed by atoms with E-state index >= 15 is 0 Å². The Labute approximate surface area is 168 Å². The highest BCUT2D eigenvalue weighted by Gasteiger charge is 2.26. The molecule has 154 valence electrons. The van der Waals surface area contributed by atoms with Gasteiger partial charge < -0.3 is 24.9 Å². The molecule has 0 bridgehead atoms. The molecule has 2 aromatic rings. The second-order valence-corrected chi connectivity index (χ2v) is 8.02. The van der Waals surface area contributed by atoms with Gasteiger partial charge in [-0.25, -0.2) is 4.99 Å². The van der Waals surface area contributed by atoms with E-state index in [2.05, 4.69) is 27.8 Å². The Bertz CT molecular complexity index is 747. The topological polar surface area (TPSA) is 79.0 Å². The molecule has 0 saturated heterocycles. The summed E-state index contributed by atoms with van der Waals surface area (Å²) in [5, 5.41) is 17.0.